The molecule has 0 saturated carbocycles. The summed E-state index contributed by atoms with van der Waals surface area (Å²) in [5.74, 6) is 0.454. The van der Waals surface area contributed by atoms with E-state index in [4.69, 9.17) is 4.74 Å². The third-order valence-corrected chi connectivity index (χ3v) is 4.70. The quantitative estimate of drug-likeness (QED) is 0.595. The van der Waals surface area contributed by atoms with Crippen molar-refractivity contribution in [1.29, 1.82) is 0 Å². The highest BCUT2D eigenvalue weighted by molar-refractivity contribution is 5.97. The number of rotatable bonds is 11. The first-order chi connectivity index (χ1) is 14.4. The van der Waals surface area contributed by atoms with E-state index < -0.39 is 6.04 Å². The molecule has 0 aromatic heterocycles. The molecule has 2 amide bonds. The monoisotopic (exact) mass is 411 g/mol. The first kappa shape index (κ1) is 23.4. The van der Waals surface area contributed by atoms with Crippen molar-refractivity contribution >= 4 is 11.8 Å². The smallest absolute Gasteiger partial charge is 0.251 e. The summed E-state index contributed by atoms with van der Waals surface area (Å²) in [5, 5.41) is 5.77. The molecule has 162 valence electrons. The van der Waals surface area contributed by atoms with Gasteiger partial charge in [0, 0.05) is 18.7 Å². The number of nitrogens with one attached hydrogen (secondary N) is 2. The van der Waals surface area contributed by atoms with Gasteiger partial charge in [-0.25, -0.2) is 0 Å². The first-order valence-corrected chi connectivity index (χ1v) is 10.5. The third kappa shape index (κ3) is 7.19. The van der Waals surface area contributed by atoms with Crippen LogP contribution in [0.4, 0.5) is 0 Å². The van der Waals surface area contributed by atoms with Crippen molar-refractivity contribution in [2.45, 2.75) is 32.7 Å². The zero-order chi connectivity index (χ0) is 21.9. The van der Waals surface area contributed by atoms with E-state index in [9.17, 15) is 9.59 Å². The Bertz CT molecular complexity index is 801. The summed E-state index contributed by atoms with van der Waals surface area (Å²) in [6.45, 7) is 5.90. The van der Waals surface area contributed by atoms with Crippen molar-refractivity contribution < 1.29 is 14.3 Å². The van der Waals surface area contributed by atoms with Crippen LogP contribution < -0.4 is 15.4 Å². The van der Waals surface area contributed by atoms with E-state index in [0.717, 1.165) is 29.8 Å². The van der Waals surface area contributed by atoms with Crippen LogP contribution in [0, 0.1) is 0 Å². The van der Waals surface area contributed by atoms with Crippen LogP contribution in [0.2, 0.25) is 0 Å². The third-order valence-electron chi connectivity index (χ3n) is 4.70. The fraction of sp³-hybridized carbons (Fsp3) is 0.417. The number of carbonyl (C=O) groups excluding carboxylic acids is 2. The highest BCUT2D eigenvalue weighted by Crippen LogP contribution is 2.23. The molecule has 2 aromatic rings. The zero-order valence-corrected chi connectivity index (χ0v) is 18.4. The molecule has 2 rings (SSSR count). The van der Waals surface area contributed by atoms with Crippen molar-refractivity contribution in [3.63, 3.8) is 0 Å². The van der Waals surface area contributed by atoms with Gasteiger partial charge in [0.2, 0.25) is 5.91 Å². The van der Waals surface area contributed by atoms with Crippen LogP contribution in [0.15, 0.2) is 48.5 Å². The second-order valence-corrected chi connectivity index (χ2v) is 7.44. The maximum atomic E-state index is 12.7. The molecule has 0 aliphatic rings. The maximum Gasteiger partial charge on any atom is 0.251 e. The van der Waals surface area contributed by atoms with Gasteiger partial charge in [0.25, 0.3) is 5.91 Å². The van der Waals surface area contributed by atoms with Crippen molar-refractivity contribution in [1.82, 2.24) is 15.5 Å². The van der Waals surface area contributed by atoms with Gasteiger partial charge in [-0.05, 0) is 62.8 Å². The lowest BCUT2D eigenvalue weighted by Crippen LogP contribution is -2.47. The van der Waals surface area contributed by atoms with Crippen molar-refractivity contribution in [3.8, 4) is 16.9 Å². The van der Waals surface area contributed by atoms with Gasteiger partial charge in [-0.3, -0.25) is 9.59 Å². The number of benzene rings is 2. The Morgan fingerprint density at radius 3 is 2.10 bits per heavy atom. The van der Waals surface area contributed by atoms with Gasteiger partial charge in [0.1, 0.15) is 11.8 Å². The normalized spacial score (nSPS) is 11.8. The molecule has 6 nitrogen and oxygen atoms in total. The lowest BCUT2D eigenvalue weighted by Gasteiger charge is -2.19. The predicted molar refractivity (Wildman–Crippen MR) is 121 cm³/mol. The summed E-state index contributed by atoms with van der Waals surface area (Å²) in [5.41, 5.74) is 2.60. The van der Waals surface area contributed by atoms with Crippen molar-refractivity contribution in [3.05, 3.63) is 54.1 Å². The topological polar surface area (TPSA) is 70.7 Å². The standard InChI is InChI=1S/C24H33N3O3/c1-5-7-22(24(29)25-16-17-27(3)4)26-23(28)20-10-8-18(9-11-20)19-12-14-21(15-13-19)30-6-2/h8-15,22H,5-7,16-17H2,1-4H3,(H,25,29)(H,26,28)/t22-/m0/s1. The Morgan fingerprint density at radius 1 is 0.967 bits per heavy atom. The number of hydrogen-bond donors (Lipinski definition) is 2. The van der Waals surface area contributed by atoms with Crippen LogP contribution in [0.1, 0.15) is 37.0 Å². The number of carbonyl (C=O) groups is 2. The Hall–Kier alpha value is -2.86. The van der Waals surface area contributed by atoms with E-state index in [1.54, 1.807) is 12.1 Å². The fourth-order valence-corrected chi connectivity index (χ4v) is 3.05. The Morgan fingerprint density at radius 2 is 1.57 bits per heavy atom. The molecule has 0 saturated heterocycles. The molecule has 1 atom stereocenters. The highest BCUT2D eigenvalue weighted by atomic mass is 16.5. The minimum Gasteiger partial charge on any atom is -0.494 e. The van der Waals surface area contributed by atoms with Gasteiger partial charge in [-0.1, -0.05) is 37.6 Å². The van der Waals surface area contributed by atoms with Gasteiger partial charge in [-0.2, -0.15) is 0 Å². The average molecular weight is 412 g/mol. The van der Waals surface area contributed by atoms with Crippen LogP contribution in [-0.2, 0) is 4.79 Å². The van der Waals surface area contributed by atoms with Gasteiger partial charge in [-0.15, -0.1) is 0 Å². The minimum absolute atomic E-state index is 0.141. The Kier molecular flexibility index (Phi) is 9.35. The van der Waals surface area contributed by atoms with Crippen LogP contribution in [0.3, 0.4) is 0 Å². The summed E-state index contributed by atoms with van der Waals surface area (Å²) >= 11 is 0. The van der Waals surface area contributed by atoms with Crippen LogP contribution >= 0.6 is 0 Å². The molecule has 30 heavy (non-hydrogen) atoms. The second-order valence-electron chi connectivity index (χ2n) is 7.44. The van der Waals surface area contributed by atoms with Gasteiger partial charge in [0.15, 0.2) is 0 Å². The Labute approximate surface area is 179 Å². The van der Waals surface area contributed by atoms with Crippen molar-refractivity contribution in [2.24, 2.45) is 0 Å². The van der Waals surface area contributed by atoms with Crippen molar-refractivity contribution in [2.75, 3.05) is 33.8 Å². The largest absolute Gasteiger partial charge is 0.494 e. The van der Waals surface area contributed by atoms with E-state index in [2.05, 4.69) is 10.6 Å². The summed E-state index contributed by atoms with van der Waals surface area (Å²) in [7, 11) is 3.91. The molecule has 0 unspecified atom stereocenters. The summed E-state index contributed by atoms with van der Waals surface area (Å²) in [4.78, 5) is 27.1. The SMILES string of the molecule is CCC[C@H](NC(=O)c1ccc(-c2ccc(OCC)cc2)cc1)C(=O)NCCN(C)C. The van der Waals surface area contributed by atoms with Crippen LogP contribution in [0.5, 0.6) is 5.75 Å². The molecule has 0 bridgehead atoms. The second kappa shape index (κ2) is 12.0. The molecule has 2 aromatic carbocycles. The first-order valence-electron chi connectivity index (χ1n) is 10.5. The number of likely N-dealkylation sites (N-methyl/N-ethyl adjacent to an activating group) is 1. The van der Waals surface area contributed by atoms with Crippen LogP contribution in [-0.4, -0.2) is 56.5 Å². The summed E-state index contributed by atoms with van der Waals surface area (Å²) < 4.78 is 5.47. The van der Waals surface area contributed by atoms with Gasteiger partial charge >= 0.3 is 0 Å². The van der Waals surface area contributed by atoms with E-state index in [0.29, 0.717) is 25.1 Å². The summed E-state index contributed by atoms with van der Waals surface area (Å²) in [6.07, 6.45) is 1.41. The fourth-order valence-electron chi connectivity index (χ4n) is 3.05. The molecule has 6 heteroatoms. The number of ether oxygens (including phenoxy) is 1. The van der Waals surface area contributed by atoms with Gasteiger partial charge in [0.05, 0.1) is 6.61 Å². The summed E-state index contributed by atoms with van der Waals surface area (Å²) in [6, 6.07) is 14.7. The molecule has 0 heterocycles. The molecule has 0 aliphatic carbocycles. The number of nitrogens with zero attached hydrogens (tertiary/aromatic N) is 1. The lowest BCUT2D eigenvalue weighted by molar-refractivity contribution is -0.123. The van der Waals surface area contributed by atoms with Crippen LogP contribution in [0.25, 0.3) is 11.1 Å². The molecular weight excluding hydrogens is 378 g/mol. The number of hydrogen-bond acceptors (Lipinski definition) is 4. The Balaban J connectivity index is 2.00. The van der Waals surface area contributed by atoms with E-state index in [1.807, 2.05) is 69.2 Å². The molecule has 0 spiro atoms. The molecule has 0 fully saturated rings. The number of amides is 2. The average Bonchev–Trinajstić information content (AvgIpc) is 2.74. The lowest BCUT2D eigenvalue weighted by atomic mass is 10.0. The molecule has 2 N–H and O–H groups in total. The predicted octanol–water partition coefficient (Wildman–Crippen LogP) is 3.33. The van der Waals surface area contributed by atoms with E-state index in [1.165, 1.54) is 0 Å². The zero-order valence-electron chi connectivity index (χ0n) is 18.4. The van der Waals surface area contributed by atoms with Gasteiger partial charge < -0.3 is 20.3 Å². The molecule has 0 aliphatic heterocycles. The minimum atomic E-state index is -0.532. The van der Waals surface area contributed by atoms with E-state index >= 15 is 0 Å². The highest BCUT2D eigenvalue weighted by Gasteiger charge is 2.20. The maximum absolute atomic E-state index is 12.7. The molecule has 0 radical (unpaired) electrons. The molecular formula is C24H33N3O3. The van der Waals surface area contributed by atoms with E-state index in [-0.39, 0.29) is 11.8 Å².